The summed E-state index contributed by atoms with van der Waals surface area (Å²) in [6.45, 7) is 6.97. The molecular weight excluding hydrogens is 625 g/mol. The summed E-state index contributed by atoms with van der Waals surface area (Å²) in [6, 6.07) is 61.5. The zero-order chi connectivity index (χ0) is 34.7. The number of hydrogen-bond donors (Lipinski definition) is 0. The van der Waals surface area contributed by atoms with E-state index in [-0.39, 0.29) is 5.41 Å². The van der Waals surface area contributed by atoms with E-state index in [2.05, 4.69) is 185 Å². The summed E-state index contributed by atoms with van der Waals surface area (Å²) in [7, 11) is 0. The van der Waals surface area contributed by atoms with Gasteiger partial charge in [0, 0.05) is 0 Å². The van der Waals surface area contributed by atoms with Gasteiger partial charge in [-0.05, 0) is 126 Å². The van der Waals surface area contributed by atoms with Crippen LogP contribution in [0.4, 0.5) is 0 Å². The van der Waals surface area contributed by atoms with E-state index >= 15 is 0 Å². The highest BCUT2D eigenvalue weighted by Crippen LogP contribution is 2.55. The smallest absolute Gasteiger partial charge is 0.000719 e. The van der Waals surface area contributed by atoms with E-state index in [0.29, 0.717) is 0 Å². The van der Waals surface area contributed by atoms with Crippen LogP contribution in [-0.2, 0) is 5.41 Å². The molecule has 0 fully saturated rings. The van der Waals surface area contributed by atoms with E-state index < -0.39 is 0 Å². The van der Waals surface area contributed by atoms with Gasteiger partial charge in [0.1, 0.15) is 0 Å². The lowest BCUT2D eigenvalue weighted by molar-refractivity contribution is 0.592. The Morgan fingerprint density at radius 1 is 0.288 bits per heavy atom. The minimum absolute atomic E-state index is 0.0161. The quantitative estimate of drug-likeness (QED) is 0.165. The average molecular weight is 661 g/mol. The monoisotopic (exact) mass is 660 g/mol. The molecule has 0 saturated carbocycles. The van der Waals surface area contributed by atoms with Crippen LogP contribution in [0.25, 0.3) is 109 Å². The topological polar surface area (TPSA) is 0 Å². The molecule has 0 aliphatic carbocycles. The van der Waals surface area contributed by atoms with Gasteiger partial charge in [-0.3, -0.25) is 0 Å². The summed E-state index contributed by atoms with van der Waals surface area (Å²) in [5, 5.41) is 18.6. The number of fused-ring (bicyclic) bond motifs is 8. The van der Waals surface area contributed by atoms with E-state index in [1.807, 2.05) is 0 Å². The van der Waals surface area contributed by atoms with Crippen molar-refractivity contribution in [1.29, 1.82) is 0 Å². The molecule has 0 atom stereocenters. The highest BCUT2D eigenvalue weighted by atomic mass is 14.3. The van der Waals surface area contributed by atoms with Crippen molar-refractivity contribution in [3.8, 4) is 33.4 Å². The van der Waals surface area contributed by atoms with Crippen LogP contribution < -0.4 is 0 Å². The summed E-state index contributed by atoms with van der Waals surface area (Å²) in [5.41, 5.74) is 9.15. The van der Waals surface area contributed by atoms with Crippen LogP contribution in [0.1, 0.15) is 26.3 Å². The predicted octanol–water partition coefficient (Wildman–Crippen LogP) is 14.9. The predicted molar refractivity (Wildman–Crippen MR) is 226 cm³/mol. The summed E-state index contributed by atoms with van der Waals surface area (Å²) >= 11 is 0. The SMILES string of the molecule is CC(C)(C)c1ccccc1-c1ccc2c3c(-c4ccccc4)c4cc5c6ccccc6c6cccc(c4c(-c4ccccc4)c3c3cccc1c23)c65. The maximum absolute atomic E-state index is 2.52. The Morgan fingerprint density at radius 2 is 0.788 bits per heavy atom. The summed E-state index contributed by atoms with van der Waals surface area (Å²) in [6.07, 6.45) is 0. The highest BCUT2D eigenvalue weighted by molar-refractivity contribution is 6.45. The molecule has 11 aromatic carbocycles. The molecule has 244 valence electrons. The second-order valence-corrected chi connectivity index (χ2v) is 15.5. The van der Waals surface area contributed by atoms with Gasteiger partial charge in [-0.15, -0.1) is 0 Å². The Hall–Kier alpha value is -6.24. The number of benzene rings is 9. The molecular formula is C52H36. The maximum atomic E-state index is 2.52. The first-order valence-electron chi connectivity index (χ1n) is 18.5. The van der Waals surface area contributed by atoms with Crippen LogP contribution in [0.3, 0.4) is 0 Å². The van der Waals surface area contributed by atoms with E-state index in [1.165, 1.54) is 114 Å². The average Bonchev–Trinajstić information content (AvgIpc) is 3.69. The highest BCUT2D eigenvalue weighted by Gasteiger charge is 2.27. The van der Waals surface area contributed by atoms with Crippen molar-refractivity contribution in [3.63, 3.8) is 0 Å². The molecule has 0 unspecified atom stereocenters. The fourth-order valence-corrected chi connectivity index (χ4v) is 9.62. The summed E-state index contributed by atoms with van der Waals surface area (Å²) in [5.74, 6) is 0. The molecule has 0 aromatic heterocycles. The van der Waals surface area contributed by atoms with Crippen LogP contribution >= 0.6 is 0 Å². The normalized spacial score (nSPS) is 12.5. The van der Waals surface area contributed by atoms with Gasteiger partial charge in [-0.1, -0.05) is 178 Å². The first-order chi connectivity index (χ1) is 25.5. The first kappa shape index (κ1) is 29.5. The van der Waals surface area contributed by atoms with E-state index in [9.17, 15) is 0 Å². The molecule has 52 heavy (non-hydrogen) atoms. The van der Waals surface area contributed by atoms with Crippen molar-refractivity contribution in [2.75, 3.05) is 0 Å². The molecule has 0 heterocycles. The fraction of sp³-hybridized carbons (Fsp3) is 0.0769. The van der Waals surface area contributed by atoms with Gasteiger partial charge < -0.3 is 0 Å². The molecule has 0 N–H and O–H groups in total. The third-order valence-corrected chi connectivity index (χ3v) is 11.7. The minimum Gasteiger partial charge on any atom is -0.0622 e. The Bertz CT molecular complexity index is 3180. The molecule has 0 nitrogen and oxygen atoms in total. The third-order valence-electron chi connectivity index (χ3n) is 11.7. The molecule has 0 bridgehead atoms. The zero-order valence-corrected chi connectivity index (χ0v) is 29.6. The number of hydrogen-bond acceptors (Lipinski definition) is 0. The molecule has 11 aromatic rings. The minimum atomic E-state index is 0.0161. The molecule has 0 aliphatic rings. The third kappa shape index (κ3) is 3.93. The van der Waals surface area contributed by atoms with Gasteiger partial charge in [0.25, 0.3) is 0 Å². The Kier molecular flexibility index (Phi) is 6.03. The largest absolute Gasteiger partial charge is 0.0622 e. The first-order valence-corrected chi connectivity index (χ1v) is 18.5. The van der Waals surface area contributed by atoms with Crippen LogP contribution in [0.15, 0.2) is 164 Å². The van der Waals surface area contributed by atoms with Crippen LogP contribution in [0.2, 0.25) is 0 Å². The molecule has 0 spiro atoms. The van der Waals surface area contributed by atoms with Crippen LogP contribution in [-0.4, -0.2) is 0 Å². The van der Waals surface area contributed by atoms with Crippen molar-refractivity contribution in [3.05, 3.63) is 169 Å². The van der Waals surface area contributed by atoms with Crippen molar-refractivity contribution < 1.29 is 0 Å². The fourth-order valence-electron chi connectivity index (χ4n) is 9.62. The van der Waals surface area contributed by atoms with E-state index in [1.54, 1.807) is 0 Å². The molecule has 0 amide bonds. The molecule has 0 aliphatic heterocycles. The zero-order valence-electron chi connectivity index (χ0n) is 29.6. The standard InChI is InChI=1S/C52H36/c1-52(2,3)44-27-13-12-22-36(44)35-28-29-41-47-38(35)24-15-26-40(47)51-46(32-18-8-5-9-19-32)49-39-25-14-23-37-33-20-10-11-21-34(33)42(48(37)39)30-43(49)45(50(41)51)31-16-6-4-7-17-31/h4-30H,1-3H3. The second kappa shape index (κ2) is 10.6. The molecule has 0 saturated heterocycles. The van der Waals surface area contributed by atoms with Gasteiger partial charge in [0.2, 0.25) is 0 Å². The van der Waals surface area contributed by atoms with Gasteiger partial charge in [0.15, 0.2) is 0 Å². The number of rotatable bonds is 3. The van der Waals surface area contributed by atoms with Crippen molar-refractivity contribution >= 4 is 75.4 Å². The Morgan fingerprint density at radius 3 is 1.50 bits per heavy atom. The lowest BCUT2D eigenvalue weighted by Gasteiger charge is -2.23. The molecule has 11 rings (SSSR count). The summed E-state index contributed by atoms with van der Waals surface area (Å²) in [4.78, 5) is 0. The van der Waals surface area contributed by atoms with Crippen LogP contribution in [0, 0.1) is 0 Å². The molecule has 0 heteroatoms. The van der Waals surface area contributed by atoms with Crippen molar-refractivity contribution in [2.45, 2.75) is 26.2 Å². The Labute approximate surface area is 303 Å². The van der Waals surface area contributed by atoms with E-state index in [4.69, 9.17) is 0 Å². The van der Waals surface area contributed by atoms with Crippen molar-refractivity contribution in [1.82, 2.24) is 0 Å². The molecule has 0 radical (unpaired) electrons. The van der Waals surface area contributed by atoms with Gasteiger partial charge in [-0.25, -0.2) is 0 Å². The lowest BCUT2D eigenvalue weighted by atomic mass is 9.81. The van der Waals surface area contributed by atoms with Gasteiger partial charge >= 0.3 is 0 Å². The Balaban J connectivity index is 1.43. The van der Waals surface area contributed by atoms with Crippen molar-refractivity contribution in [2.24, 2.45) is 0 Å². The second-order valence-electron chi connectivity index (χ2n) is 15.5. The lowest BCUT2D eigenvalue weighted by Crippen LogP contribution is -2.12. The maximum Gasteiger partial charge on any atom is -0.000719 e. The van der Waals surface area contributed by atoms with Crippen LogP contribution in [0.5, 0.6) is 0 Å². The van der Waals surface area contributed by atoms with E-state index in [0.717, 1.165) is 0 Å². The van der Waals surface area contributed by atoms with Gasteiger partial charge in [0.05, 0.1) is 0 Å². The summed E-state index contributed by atoms with van der Waals surface area (Å²) < 4.78 is 0. The van der Waals surface area contributed by atoms with Gasteiger partial charge in [-0.2, -0.15) is 0 Å².